The van der Waals surface area contributed by atoms with Crippen LogP contribution in [-0.2, 0) is 6.54 Å². The number of benzene rings is 2. The van der Waals surface area contributed by atoms with Crippen LogP contribution in [0.1, 0.15) is 21.7 Å². The van der Waals surface area contributed by atoms with E-state index in [1.165, 1.54) is 12.4 Å². The Bertz CT molecular complexity index is 1370. The summed E-state index contributed by atoms with van der Waals surface area (Å²) in [5.41, 5.74) is 8.34. The van der Waals surface area contributed by atoms with E-state index >= 15 is 0 Å². The number of ether oxygens (including phenoxy) is 1. The SMILES string of the molecule is COc1ccccc1N1CCN(Cc2cc(C)n(NC(=O)c3cnccn3)c2-c2ccc(Cl)cc2)CC1. The lowest BCUT2D eigenvalue weighted by Gasteiger charge is -2.36. The summed E-state index contributed by atoms with van der Waals surface area (Å²) in [7, 11) is 1.71. The number of aromatic nitrogens is 3. The van der Waals surface area contributed by atoms with Crippen LogP contribution in [0.4, 0.5) is 5.69 Å². The Balaban J connectivity index is 1.39. The molecule has 4 aromatic rings. The number of para-hydroxylation sites is 2. The normalized spacial score (nSPS) is 14.0. The Morgan fingerprint density at radius 2 is 1.81 bits per heavy atom. The van der Waals surface area contributed by atoms with Gasteiger partial charge < -0.3 is 9.64 Å². The summed E-state index contributed by atoms with van der Waals surface area (Å²) >= 11 is 6.18. The van der Waals surface area contributed by atoms with E-state index in [-0.39, 0.29) is 11.6 Å². The predicted molar refractivity (Wildman–Crippen MR) is 146 cm³/mol. The number of hydrogen-bond acceptors (Lipinski definition) is 6. The minimum absolute atomic E-state index is 0.256. The lowest BCUT2D eigenvalue weighted by atomic mass is 10.1. The molecule has 37 heavy (non-hydrogen) atoms. The van der Waals surface area contributed by atoms with Gasteiger partial charge in [0, 0.05) is 61.4 Å². The molecule has 2 aromatic heterocycles. The third-order valence-electron chi connectivity index (χ3n) is 6.58. The number of anilines is 1. The number of nitrogens with zero attached hydrogens (tertiary/aromatic N) is 5. The molecule has 5 rings (SSSR count). The summed E-state index contributed by atoms with van der Waals surface area (Å²) in [5.74, 6) is 0.575. The van der Waals surface area contributed by atoms with Crippen molar-refractivity contribution in [1.29, 1.82) is 0 Å². The molecule has 0 saturated carbocycles. The van der Waals surface area contributed by atoms with Gasteiger partial charge in [0.05, 0.1) is 24.7 Å². The third-order valence-corrected chi connectivity index (χ3v) is 6.83. The first-order valence-electron chi connectivity index (χ1n) is 12.2. The van der Waals surface area contributed by atoms with E-state index in [0.29, 0.717) is 5.02 Å². The maximum Gasteiger partial charge on any atom is 0.290 e. The third kappa shape index (κ3) is 5.45. The van der Waals surface area contributed by atoms with E-state index in [1.54, 1.807) is 13.3 Å². The number of carbonyl (C=O) groups is 1. The van der Waals surface area contributed by atoms with Crippen molar-refractivity contribution in [3.05, 3.63) is 95.2 Å². The van der Waals surface area contributed by atoms with Crippen LogP contribution in [0.25, 0.3) is 11.3 Å². The van der Waals surface area contributed by atoms with Gasteiger partial charge in [0.1, 0.15) is 11.4 Å². The van der Waals surface area contributed by atoms with Gasteiger partial charge in [-0.2, -0.15) is 0 Å². The molecule has 1 aliphatic rings. The molecule has 0 bridgehead atoms. The van der Waals surface area contributed by atoms with Crippen molar-refractivity contribution < 1.29 is 9.53 Å². The van der Waals surface area contributed by atoms with Gasteiger partial charge in [0.2, 0.25) is 0 Å². The second-order valence-corrected chi connectivity index (χ2v) is 9.40. The van der Waals surface area contributed by atoms with Gasteiger partial charge in [-0.25, -0.2) is 4.98 Å². The summed E-state index contributed by atoms with van der Waals surface area (Å²) in [6.45, 7) is 6.37. The average Bonchev–Trinajstić information content (AvgIpc) is 3.24. The highest BCUT2D eigenvalue weighted by Crippen LogP contribution is 2.31. The number of rotatable bonds is 7. The molecule has 0 atom stereocenters. The minimum Gasteiger partial charge on any atom is -0.495 e. The zero-order valence-corrected chi connectivity index (χ0v) is 21.7. The molecule has 0 unspecified atom stereocenters. The van der Waals surface area contributed by atoms with Crippen LogP contribution in [-0.4, -0.2) is 58.7 Å². The molecule has 0 aliphatic carbocycles. The smallest absolute Gasteiger partial charge is 0.290 e. The van der Waals surface area contributed by atoms with Crippen molar-refractivity contribution in [3.63, 3.8) is 0 Å². The molecular formula is C28H29ClN6O2. The zero-order chi connectivity index (χ0) is 25.8. The maximum absolute atomic E-state index is 12.9. The molecule has 1 saturated heterocycles. The number of carbonyl (C=O) groups excluding carboxylic acids is 1. The van der Waals surface area contributed by atoms with E-state index in [9.17, 15) is 4.79 Å². The second-order valence-electron chi connectivity index (χ2n) is 8.97. The average molecular weight is 517 g/mol. The highest BCUT2D eigenvalue weighted by atomic mass is 35.5. The van der Waals surface area contributed by atoms with Crippen LogP contribution in [0, 0.1) is 6.92 Å². The first-order chi connectivity index (χ1) is 18.0. The van der Waals surface area contributed by atoms with Gasteiger partial charge in [-0.3, -0.25) is 24.8 Å². The molecule has 3 heterocycles. The summed E-state index contributed by atoms with van der Waals surface area (Å²) in [4.78, 5) is 25.9. The predicted octanol–water partition coefficient (Wildman–Crippen LogP) is 4.62. The molecule has 0 spiro atoms. The first kappa shape index (κ1) is 24.8. The molecule has 190 valence electrons. The van der Waals surface area contributed by atoms with Crippen LogP contribution < -0.4 is 15.1 Å². The number of nitrogens with one attached hydrogen (secondary N) is 1. The van der Waals surface area contributed by atoms with Crippen LogP contribution in [0.15, 0.2) is 73.2 Å². The number of amides is 1. The summed E-state index contributed by atoms with van der Waals surface area (Å²) < 4.78 is 7.40. The van der Waals surface area contributed by atoms with E-state index in [2.05, 4.69) is 37.3 Å². The maximum atomic E-state index is 12.9. The highest BCUT2D eigenvalue weighted by molar-refractivity contribution is 6.30. The second kappa shape index (κ2) is 11.0. The van der Waals surface area contributed by atoms with Gasteiger partial charge in [0.25, 0.3) is 5.91 Å². The minimum atomic E-state index is -0.320. The van der Waals surface area contributed by atoms with Crippen molar-refractivity contribution in [2.45, 2.75) is 13.5 Å². The Hall–Kier alpha value is -3.88. The van der Waals surface area contributed by atoms with E-state index in [0.717, 1.165) is 66.7 Å². The standard InChI is InChI=1S/C28H29ClN6O2/c1-20-17-22(19-33-13-15-34(16-14-33)25-5-3-4-6-26(25)37-2)27(21-7-9-23(29)10-8-21)35(20)32-28(36)24-18-30-11-12-31-24/h3-12,17-18H,13-16,19H2,1-2H3,(H,32,36). The molecule has 1 aliphatic heterocycles. The van der Waals surface area contributed by atoms with E-state index < -0.39 is 0 Å². The number of aryl methyl sites for hydroxylation is 1. The fourth-order valence-electron chi connectivity index (χ4n) is 4.75. The van der Waals surface area contributed by atoms with Crippen molar-refractivity contribution in [3.8, 4) is 17.0 Å². The van der Waals surface area contributed by atoms with Gasteiger partial charge in [-0.05, 0) is 42.8 Å². The van der Waals surface area contributed by atoms with Crippen LogP contribution in [0.2, 0.25) is 5.02 Å². The molecule has 1 amide bonds. The van der Waals surface area contributed by atoms with Crippen LogP contribution in [0.5, 0.6) is 5.75 Å². The Labute approximate surface area is 221 Å². The Morgan fingerprint density at radius 3 is 2.51 bits per heavy atom. The van der Waals surface area contributed by atoms with Crippen molar-refractivity contribution >= 4 is 23.2 Å². The topological polar surface area (TPSA) is 75.5 Å². The van der Waals surface area contributed by atoms with Gasteiger partial charge in [-0.1, -0.05) is 35.9 Å². The first-order valence-corrected chi connectivity index (χ1v) is 12.6. The van der Waals surface area contributed by atoms with Gasteiger partial charge >= 0.3 is 0 Å². The number of methoxy groups -OCH3 is 1. The fourth-order valence-corrected chi connectivity index (χ4v) is 4.87. The van der Waals surface area contributed by atoms with Gasteiger partial charge in [-0.15, -0.1) is 0 Å². The quantitative estimate of drug-likeness (QED) is 0.386. The summed E-state index contributed by atoms with van der Waals surface area (Å²) in [6.07, 6.45) is 4.51. The highest BCUT2D eigenvalue weighted by Gasteiger charge is 2.23. The largest absolute Gasteiger partial charge is 0.495 e. The monoisotopic (exact) mass is 516 g/mol. The lowest BCUT2D eigenvalue weighted by molar-refractivity contribution is 0.100. The molecule has 1 fully saturated rings. The van der Waals surface area contributed by atoms with E-state index in [1.807, 2.05) is 54.1 Å². The molecule has 9 heteroatoms. The van der Waals surface area contributed by atoms with E-state index in [4.69, 9.17) is 16.3 Å². The van der Waals surface area contributed by atoms with Crippen LogP contribution >= 0.6 is 11.6 Å². The Morgan fingerprint density at radius 1 is 1.05 bits per heavy atom. The van der Waals surface area contributed by atoms with Gasteiger partial charge in [0.15, 0.2) is 0 Å². The molecule has 0 radical (unpaired) electrons. The number of hydrogen-bond donors (Lipinski definition) is 1. The molecule has 1 N–H and O–H groups in total. The van der Waals surface area contributed by atoms with Crippen molar-refractivity contribution in [2.24, 2.45) is 0 Å². The lowest BCUT2D eigenvalue weighted by Crippen LogP contribution is -2.46. The Kier molecular flexibility index (Phi) is 7.39. The number of halogens is 1. The molecular weight excluding hydrogens is 488 g/mol. The van der Waals surface area contributed by atoms with Crippen molar-refractivity contribution in [2.75, 3.05) is 43.6 Å². The fraction of sp³-hybridized carbons (Fsp3) is 0.250. The molecule has 2 aromatic carbocycles. The number of piperazine rings is 1. The zero-order valence-electron chi connectivity index (χ0n) is 20.9. The molecule has 8 nitrogen and oxygen atoms in total. The van der Waals surface area contributed by atoms with Crippen molar-refractivity contribution in [1.82, 2.24) is 19.5 Å². The summed E-state index contributed by atoms with van der Waals surface area (Å²) in [5, 5.41) is 0.663. The van der Waals surface area contributed by atoms with Crippen LogP contribution in [0.3, 0.4) is 0 Å². The summed E-state index contributed by atoms with van der Waals surface area (Å²) in [6, 6.07) is 18.0.